The van der Waals surface area contributed by atoms with Crippen molar-refractivity contribution in [3.8, 4) is 0 Å². The van der Waals surface area contributed by atoms with E-state index in [2.05, 4.69) is 17.1 Å². The highest BCUT2D eigenvalue weighted by atomic mass is 16.7. The van der Waals surface area contributed by atoms with Gasteiger partial charge in [0.25, 0.3) is 0 Å². The molecule has 2 saturated heterocycles. The number of hydrogen-bond donors (Lipinski definition) is 1. The van der Waals surface area contributed by atoms with E-state index in [1.165, 1.54) is 5.06 Å². The molecule has 2 heterocycles. The third-order valence-electron chi connectivity index (χ3n) is 7.00. The van der Waals surface area contributed by atoms with Crippen LogP contribution >= 0.6 is 0 Å². The molecule has 0 radical (unpaired) electrons. The van der Waals surface area contributed by atoms with Gasteiger partial charge in [0, 0.05) is 26.2 Å². The van der Waals surface area contributed by atoms with Crippen molar-refractivity contribution in [1.29, 1.82) is 0 Å². The van der Waals surface area contributed by atoms with Crippen molar-refractivity contribution in [2.45, 2.75) is 64.3 Å². The Labute approximate surface area is 179 Å². The summed E-state index contributed by atoms with van der Waals surface area (Å²) >= 11 is 0. The summed E-state index contributed by atoms with van der Waals surface area (Å²) in [6.45, 7) is 7.92. The fraction of sp³-hybridized carbons (Fsp3) is 0.652. The largest absolute Gasteiger partial charge is 0.352 e. The maximum absolute atomic E-state index is 13.0. The third-order valence-corrected chi connectivity index (χ3v) is 7.00. The van der Waals surface area contributed by atoms with Crippen LogP contribution in [-0.4, -0.2) is 71.6 Å². The summed E-state index contributed by atoms with van der Waals surface area (Å²) in [7, 11) is 1.71. The van der Waals surface area contributed by atoms with Crippen molar-refractivity contribution in [2.24, 2.45) is 5.41 Å². The van der Waals surface area contributed by atoms with Gasteiger partial charge >= 0.3 is 6.03 Å². The summed E-state index contributed by atoms with van der Waals surface area (Å²) in [4.78, 5) is 35.8. The Hall–Kier alpha value is -2.12. The van der Waals surface area contributed by atoms with Gasteiger partial charge in [0.1, 0.15) is 12.6 Å². The molecule has 1 aromatic rings. The second-order valence-electron chi connectivity index (χ2n) is 9.34. The Kier molecular flexibility index (Phi) is 6.02. The number of amides is 3. The molecule has 7 nitrogen and oxygen atoms in total. The van der Waals surface area contributed by atoms with E-state index >= 15 is 0 Å². The fourth-order valence-corrected chi connectivity index (χ4v) is 5.16. The Balaban J connectivity index is 1.31. The molecule has 164 valence electrons. The van der Waals surface area contributed by atoms with Gasteiger partial charge in [-0.1, -0.05) is 37.3 Å². The summed E-state index contributed by atoms with van der Waals surface area (Å²) < 4.78 is 0. The number of benzene rings is 1. The highest BCUT2D eigenvalue weighted by Gasteiger charge is 2.52. The standard InChI is InChI=1S/C23H34N4O3/c1-4-26-15-23(16-26)12-19(13-23)24-21(28)20-11-10-17(2)27(22(29)25(20)3)30-14-18-8-6-5-7-9-18/h5-9,17,19-20H,4,10-16H2,1-3H3,(H,24,28)/t17-,20-/m0/s1. The van der Waals surface area contributed by atoms with Crippen LogP contribution in [0.3, 0.4) is 0 Å². The van der Waals surface area contributed by atoms with Gasteiger partial charge in [0.15, 0.2) is 0 Å². The van der Waals surface area contributed by atoms with Crippen molar-refractivity contribution in [3.05, 3.63) is 35.9 Å². The van der Waals surface area contributed by atoms with E-state index in [0.29, 0.717) is 18.4 Å². The van der Waals surface area contributed by atoms with E-state index < -0.39 is 6.04 Å². The molecule has 3 fully saturated rings. The molecule has 4 rings (SSSR count). The van der Waals surface area contributed by atoms with Gasteiger partial charge in [-0.25, -0.2) is 4.79 Å². The smallest absolute Gasteiger partial charge is 0.344 e. The number of likely N-dealkylation sites (tertiary alicyclic amines) is 1. The second-order valence-corrected chi connectivity index (χ2v) is 9.34. The molecule has 0 aromatic heterocycles. The van der Waals surface area contributed by atoms with Gasteiger partial charge in [0.05, 0.1) is 6.04 Å². The number of carbonyl (C=O) groups excluding carboxylic acids is 2. The molecule has 1 spiro atoms. The minimum Gasteiger partial charge on any atom is -0.352 e. The first-order valence-electron chi connectivity index (χ1n) is 11.2. The number of nitrogens with zero attached hydrogens (tertiary/aromatic N) is 3. The number of hydroxylamine groups is 2. The number of urea groups is 1. The highest BCUT2D eigenvalue weighted by Crippen LogP contribution is 2.48. The van der Waals surface area contributed by atoms with Crippen molar-refractivity contribution >= 4 is 11.9 Å². The van der Waals surface area contributed by atoms with Crippen LogP contribution < -0.4 is 5.32 Å². The lowest BCUT2D eigenvalue weighted by molar-refractivity contribution is -0.155. The first kappa shape index (κ1) is 21.1. The molecule has 1 saturated carbocycles. The molecular formula is C23H34N4O3. The average Bonchev–Trinajstić information content (AvgIpc) is 2.79. The van der Waals surface area contributed by atoms with Crippen molar-refractivity contribution in [2.75, 3.05) is 26.7 Å². The van der Waals surface area contributed by atoms with Crippen LogP contribution in [0.4, 0.5) is 4.79 Å². The normalized spacial score (nSPS) is 26.8. The molecular weight excluding hydrogens is 380 g/mol. The second kappa shape index (κ2) is 8.55. The molecule has 1 N–H and O–H groups in total. The number of carbonyl (C=O) groups is 2. The Morgan fingerprint density at radius 2 is 1.90 bits per heavy atom. The molecule has 2 atom stereocenters. The zero-order valence-corrected chi connectivity index (χ0v) is 18.3. The van der Waals surface area contributed by atoms with Crippen LogP contribution in [0.2, 0.25) is 0 Å². The topological polar surface area (TPSA) is 65.1 Å². The van der Waals surface area contributed by atoms with Gasteiger partial charge < -0.3 is 15.1 Å². The van der Waals surface area contributed by atoms with E-state index in [1.807, 2.05) is 37.3 Å². The average molecular weight is 415 g/mol. The number of nitrogens with one attached hydrogen (secondary N) is 1. The highest BCUT2D eigenvalue weighted by molar-refractivity contribution is 5.87. The molecule has 2 aliphatic heterocycles. The van der Waals surface area contributed by atoms with Crippen LogP contribution in [0, 0.1) is 5.41 Å². The number of rotatable bonds is 6. The molecule has 0 unspecified atom stereocenters. The van der Waals surface area contributed by atoms with E-state index in [4.69, 9.17) is 4.84 Å². The van der Waals surface area contributed by atoms with Gasteiger partial charge in [-0.05, 0) is 50.1 Å². The molecule has 0 bridgehead atoms. The fourth-order valence-electron chi connectivity index (χ4n) is 5.16. The zero-order valence-electron chi connectivity index (χ0n) is 18.3. The van der Waals surface area contributed by atoms with Crippen LogP contribution in [0.25, 0.3) is 0 Å². The zero-order chi connectivity index (χ0) is 21.3. The van der Waals surface area contributed by atoms with Gasteiger partial charge in [-0.2, -0.15) is 5.06 Å². The van der Waals surface area contributed by atoms with E-state index in [9.17, 15) is 9.59 Å². The van der Waals surface area contributed by atoms with Crippen LogP contribution in [0.5, 0.6) is 0 Å². The summed E-state index contributed by atoms with van der Waals surface area (Å²) in [5.41, 5.74) is 1.44. The van der Waals surface area contributed by atoms with Crippen LogP contribution in [-0.2, 0) is 16.2 Å². The van der Waals surface area contributed by atoms with Gasteiger partial charge in [-0.3, -0.25) is 9.63 Å². The molecule has 1 aliphatic carbocycles. The van der Waals surface area contributed by atoms with Crippen LogP contribution in [0.1, 0.15) is 45.1 Å². The summed E-state index contributed by atoms with van der Waals surface area (Å²) in [6.07, 6.45) is 3.48. The first-order chi connectivity index (χ1) is 14.4. The minimum atomic E-state index is -0.449. The van der Waals surface area contributed by atoms with Crippen molar-refractivity contribution < 1.29 is 14.4 Å². The Bertz CT molecular complexity index is 757. The maximum Gasteiger partial charge on any atom is 0.344 e. The third kappa shape index (κ3) is 4.18. The molecule has 3 amide bonds. The summed E-state index contributed by atoms with van der Waals surface area (Å²) in [5.74, 6) is -0.0329. The molecule has 3 aliphatic rings. The SMILES string of the molecule is CCN1CC2(CC(NC(=O)[C@@H]3CC[C@H](C)N(OCc4ccccc4)C(=O)N3C)C2)C1. The molecule has 1 aromatic carbocycles. The maximum atomic E-state index is 13.0. The van der Waals surface area contributed by atoms with Crippen molar-refractivity contribution in [3.63, 3.8) is 0 Å². The summed E-state index contributed by atoms with van der Waals surface area (Å²) in [6, 6.07) is 9.26. The van der Waals surface area contributed by atoms with Gasteiger partial charge in [0.2, 0.25) is 5.91 Å². The molecule has 30 heavy (non-hydrogen) atoms. The monoisotopic (exact) mass is 414 g/mol. The molecule has 7 heteroatoms. The minimum absolute atomic E-state index is 0.0329. The first-order valence-corrected chi connectivity index (χ1v) is 11.2. The lowest BCUT2D eigenvalue weighted by Gasteiger charge is -2.59. The van der Waals surface area contributed by atoms with Crippen LogP contribution in [0.15, 0.2) is 30.3 Å². The van der Waals surface area contributed by atoms with E-state index in [1.54, 1.807) is 11.9 Å². The summed E-state index contributed by atoms with van der Waals surface area (Å²) in [5, 5.41) is 4.63. The lowest BCUT2D eigenvalue weighted by atomic mass is 9.60. The lowest BCUT2D eigenvalue weighted by Crippen LogP contribution is -2.67. The number of likely N-dealkylation sites (N-methyl/N-ethyl adjacent to an activating group) is 1. The quantitative estimate of drug-likeness (QED) is 0.777. The Morgan fingerprint density at radius 1 is 1.20 bits per heavy atom. The van der Waals surface area contributed by atoms with Gasteiger partial charge in [-0.15, -0.1) is 0 Å². The predicted octanol–water partition coefficient (Wildman–Crippen LogP) is 2.62. The predicted molar refractivity (Wildman–Crippen MR) is 114 cm³/mol. The number of hydrogen-bond acceptors (Lipinski definition) is 4. The van der Waals surface area contributed by atoms with Crippen molar-refractivity contribution in [1.82, 2.24) is 20.2 Å². The van der Waals surface area contributed by atoms with E-state index in [-0.39, 0.29) is 24.0 Å². The van der Waals surface area contributed by atoms with E-state index in [0.717, 1.165) is 44.5 Å². The Morgan fingerprint density at radius 3 is 2.57 bits per heavy atom.